The smallest absolute Gasteiger partial charge is 0.277 e. The minimum Gasteiger partial charge on any atom is -0.483 e. The summed E-state index contributed by atoms with van der Waals surface area (Å²) in [5.41, 5.74) is 12.7. The number of ether oxygens (including phenoxy) is 1. The number of hydrogen-bond acceptors (Lipinski definition) is 4. The topological polar surface area (TPSA) is 76.7 Å². The molecule has 3 aromatic rings. The molecule has 0 unspecified atom stereocenters. The van der Waals surface area contributed by atoms with Gasteiger partial charge in [0.1, 0.15) is 5.75 Å². The van der Waals surface area contributed by atoms with E-state index in [1.807, 2.05) is 61.5 Å². The van der Waals surface area contributed by atoms with Crippen LogP contribution in [0.3, 0.4) is 0 Å². The first-order valence-corrected chi connectivity index (χ1v) is 9.05. The Bertz CT molecular complexity index is 951. The number of amides is 1. The van der Waals surface area contributed by atoms with E-state index < -0.39 is 0 Å². The molecular formula is C23H23N3O2. The average Bonchev–Trinajstić information content (AvgIpc) is 2.72. The van der Waals surface area contributed by atoms with Crippen LogP contribution in [0.1, 0.15) is 23.6 Å². The minimum atomic E-state index is -0.315. The van der Waals surface area contributed by atoms with Crippen molar-refractivity contribution < 1.29 is 9.53 Å². The highest BCUT2D eigenvalue weighted by atomic mass is 16.5. The van der Waals surface area contributed by atoms with Gasteiger partial charge >= 0.3 is 0 Å². The van der Waals surface area contributed by atoms with Crippen molar-refractivity contribution in [1.29, 1.82) is 0 Å². The molecule has 0 fully saturated rings. The van der Waals surface area contributed by atoms with Crippen LogP contribution in [0.4, 0.5) is 5.69 Å². The molecule has 0 atom stereocenters. The number of carbonyl (C=O) groups excluding carboxylic acids is 1. The van der Waals surface area contributed by atoms with Crippen molar-refractivity contribution in [3.05, 3.63) is 95.6 Å². The first kappa shape index (κ1) is 19.2. The van der Waals surface area contributed by atoms with Crippen LogP contribution in [-0.2, 0) is 11.2 Å². The monoisotopic (exact) mass is 373 g/mol. The zero-order valence-corrected chi connectivity index (χ0v) is 15.8. The summed E-state index contributed by atoms with van der Waals surface area (Å²) in [5.74, 6) is 0.380. The van der Waals surface area contributed by atoms with Crippen molar-refractivity contribution in [2.75, 3.05) is 12.3 Å². The summed E-state index contributed by atoms with van der Waals surface area (Å²) >= 11 is 0. The number of hydrazone groups is 1. The van der Waals surface area contributed by atoms with E-state index in [1.165, 1.54) is 5.56 Å². The lowest BCUT2D eigenvalue weighted by molar-refractivity contribution is -0.123. The number of rotatable bonds is 7. The maximum absolute atomic E-state index is 12.1. The number of nitrogens with two attached hydrogens (primary N) is 1. The van der Waals surface area contributed by atoms with Crippen LogP contribution in [0, 0.1) is 0 Å². The normalized spacial score (nSPS) is 11.1. The number of hydrogen-bond donors (Lipinski definition) is 2. The predicted molar refractivity (Wildman–Crippen MR) is 112 cm³/mol. The first-order valence-electron chi connectivity index (χ1n) is 9.05. The quantitative estimate of drug-likeness (QED) is 0.376. The van der Waals surface area contributed by atoms with Gasteiger partial charge in [-0.2, -0.15) is 5.10 Å². The molecule has 3 aromatic carbocycles. The molecule has 28 heavy (non-hydrogen) atoms. The molecule has 5 nitrogen and oxygen atoms in total. The summed E-state index contributed by atoms with van der Waals surface area (Å²) in [6.45, 7) is 1.71. The van der Waals surface area contributed by atoms with Crippen LogP contribution in [0.25, 0.3) is 0 Å². The van der Waals surface area contributed by atoms with Crippen molar-refractivity contribution in [2.24, 2.45) is 5.10 Å². The maximum atomic E-state index is 12.1. The molecule has 0 saturated carbocycles. The van der Waals surface area contributed by atoms with Crippen molar-refractivity contribution >= 4 is 17.3 Å². The summed E-state index contributed by atoms with van der Waals surface area (Å²) in [7, 11) is 0. The summed E-state index contributed by atoms with van der Waals surface area (Å²) in [5, 5.41) is 4.12. The number of anilines is 1. The molecule has 142 valence electrons. The lowest BCUT2D eigenvalue weighted by Crippen LogP contribution is -2.25. The van der Waals surface area contributed by atoms with Gasteiger partial charge in [0, 0.05) is 12.1 Å². The van der Waals surface area contributed by atoms with Gasteiger partial charge in [-0.15, -0.1) is 0 Å². The largest absolute Gasteiger partial charge is 0.483 e. The van der Waals surface area contributed by atoms with Crippen LogP contribution in [0.5, 0.6) is 5.75 Å². The van der Waals surface area contributed by atoms with Gasteiger partial charge in [0.25, 0.3) is 5.91 Å². The van der Waals surface area contributed by atoms with Gasteiger partial charge in [-0.05, 0) is 41.8 Å². The first-order chi connectivity index (χ1) is 13.6. The number of nitrogens with one attached hydrogen (secondary N) is 1. The highest BCUT2D eigenvalue weighted by Gasteiger charge is 2.07. The van der Waals surface area contributed by atoms with E-state index in [4.69, 9.17) is 10.5 Å². The Hall–Kier alpha value is -3.60. The van der Waals surface area contributed by atoms with Crippen molar-refractivity contribution in [3.8, 4) is 5.75 Å². The molecule has 0 bridgehead atoms. The highest BCUT2D eigenvalue weighted by molar-refractivity contribution is 5.99. The summed E-state index contributed by atoms with van der Waals surface area (Å²) in [6, 6.07) is 25.2. The van der Waals surface area contributed by atoms with Crippen molar-refractivity contribution in [2.45, 2.75) is 13.3 Å². The van der Waals surface area contributed by atoms with Crippen LogP contribution in [-0.4, -0.2) is 18.2 Å². The predicted octanol–water partition coefficient (Wildman–Crippen LogP) is 3.78. The van der Waals surface area contributed by atoms with E-state index in [9.17, 15) is 4.79 Å². The zero-order chi connectivity index (χ0) is 19.8. The molecule has 0 aliphatic heterocycles. The highest BCUT2D eigenvalue weighted by Crippen LogP contribution is 2.21. The summed E-state index contributed by atoms with van der Waals surface area (Å²) in [6.07, 6.45) is 0.743. The fourth-order valence-corrected chi connectivity index (χ4v) is 2.72. The third-order valence-electron chi connectivity index (χ3n) is 4.25. The molecule has 0 heterocycles. The fourth-order valence-electron chi connectivity index (χ4n) is 2.72. The molecule has 0 radical (unpaired) electrons. The van der Waals surface area contributed by atoms with Gasteiger partial charge in [0.2, 0.25) is 0 Å². The van der Waals surface area contributed by atoms with E-state index in [2.05, 4.69) is 22.7 Å². The van der Waals surface area contributed by atoms with Gasteiger partial charge in [-0.1, -0.05) is 60.7 Å². The van der Waals surface area contributed by atoms with Crippen LogP contribution in [0.15, 0.2) is 84.0 Å². The Balaban J connectivity index is 1.57. The molecule has 1 amide bonds. The van der Waals surface area contributed by atoms with E-state index in [1.54, 1.807) is 12.1 Å². The standard InChI is InChI=1S/C23H23N3O2/c1-17(19-11-13-21(24)14-12-19)25-26-23(27)16-28-22-10-6-5-9-20(22)15-18-7-3-2-4-8-18/h2-14H,15-16,24H2,1H3,(H,26,27)/b25-17-. The molecule has 0 aliphatic rings. The number of para-hydroxylation sites is 1. The Kier molecular flexibility index (Phi) is 6.41. The van der Waals surface area contributed by atoms with Crippen LogP contribution >= 0.6 is 0 Å². The lowest BCUT2D eigenvalue weighted by atomic mass is 10.0. The third kappa shape index (κ3) is 5.45. The van der Waals surface area contributed by atoms with Crippen LogP contribution in [0.2, 0.25) is 0 Å². The molecule has 5 heteroatoms. The Morgan fingerprint density at radius 3 is 2.39 bits per heavy atom. The number of nitrogen functional groups attached to an aromatic ring is 1. The van der Waals surface area contributed by atoms with Gasteiger partial charge in [0.15, 0.2) is 6.61 Å². The summed E-state index contributed by atoms with van der Waals surface area (Å²) in [4.78, 5) is 12.1. The summed E-state index contributed by atoms with van der Waals surface area (Å²) < 4.78 is 5.73. The molecule has 0 saturated heterocycles. The fraction of sp³-hybridized carbons (Fsp3) is 0.130. The van der Waals surface area contributed by atoms with Gasteiger partial charge in [-0.3, -0.25) is 4.79 Å². The Morgan fingerprint density at radius 2 is 1.64 bits per heavy atom. The molecule has 0 aliphatic carbocycles. The van der Waals surface area contributed by atoms with E-state index in [0.29, 0.717) is 17.1 Å². The van der Waals surface area contributed by atoms with E-state index in [0.717, 1.165) is 17.5 Å². The van der Waals surface area contributed by atoms with E-state index >= 15 is 0 Å². The minimum absolute atomic E-state index is 0.107. The molecule has 0 aromatic heterocycles. The SMILES string of the molecule is C/C(=N/NC(=O)COc1ccccc1Cc1ccccc1)c1ccc(N)cc1. The molecule has 0 spiro atoms. The van der Waals surface area contributed by atoms with Crippen molar-refractivity contribution in [3.63, 3.8) is 0 Å². The Labute approximate surface area is 164 Å². The second-order valence-corrected chi connectivity index (χ2v) is 6.41. The molecular weight excluding hydrogens is 350 g/mol. The third-order valence-corrected chi connectivity index (χ3v) is 4.25. The number of nitrogens with zero attached hydrogens (tertiary/aromatic N) is 1. The van der Waals surface area contributed by atoms with E-state index in [-0.39, 0.29) is 12.5 Å². The van der Waals surface area contributed by atoms with Gasteiger partial charge < -0.3 is 10.5 Å². The van der Waals surface area contributed by atoms with Crippen molar-refractivity contribution in [1.82, 2.24) is 5.43 Å². The number of benzene rings is 3. The number of carbonyl (C=O) groups is 1. The maximum Gasteiger partial charge on any atom is 0.277 e. The molecule has 3 rings (SSSR count). The van der Waals surface area contributed by atoms with Gasteiger partial charge in [-0.25, -0.2) is 5.43 Å². The average molecular weight is 373 g/mol. The second kappa shape index (κ2) is 9.37. The second-order valence-electron chi connectivity index (χ2n) is 6.41. The van der Waals surface area contributed by atoms with Crippen LogP contribution < -0.4 is 15.9 Å². The van der Waals surface area contributed by atoms with Gasteiger partial charge in [0.05, 0.1) is 5.71 Å². The zero-order valence-electron chi connectivity index (χ0n) is 15.8. The lowest BCUT2D eigenvalue weighted by Gasteiger charge is -2.11. The molecule has 3 N–H and O–H groups in total. The Morgan fingerprint density at radius 1 is 0.964 bits per heavy atom.